The van der Waals surface area contributed by atoms with Crippen LogP contribution in [-0.4, -0.2) is 34.3 Å². The standard InChI is InChI=1S/C19H26N4O3.ClH/c1-13(20)16(24)21-11-14-7-3-4-8-15(14)12-23-17(25)19(22-18(23)26)9-5-2-6-10-19;/h3-4,7-8,13H,2,5-6,9-12,20H2,1H3,(H,21,24)(H,22,26);1H/t13-;/m1./s1. The number of nitrogens with zero attached hydrogens (tertiary/aromatic N) is 1. The van der Waals surface area contributed by atoms with Crippen molar-refractivity contribution in [3.8, 4) is 0 Å². The molecule has 1 aliphatic carbocycles. The van der Waals surface area contributed by atoms with Crippen molar-refractivity contribution < 1.29 is 14.4 Å². The summed E-state index contributed by atoms with van der Waals surface area (Å²) in [6.07, 6.45) is 4.44. The molecule has 0 unspecified atom stereocenters. The number of carbonyl (C=O) groups is 3. The van der Waals surface area contributed by atoms with Gasteiger partial charge in [-0.15, -0.1) is 12.4 Å². The second-order valence-corrected chi connectivity index (χ2v) is 7.24. The molecule has 0 bridgehead atoms. The molecule has 1 heterocycles. The van der Waals surface area contributed by atoms with Crippen LogP contribution < -0.4 is 16.4 Å². The smallest absolute Gasteiger partial charge is 0.325 e. The quantitative estimate of drug-likeness (QED) is 0.662. The Kier molecular flexibility index (Phi) is 6.84. The fourth-order valence-electron chi connectivity index (χ4n) is 3.71. The van der Waals surface area contributed by atoms with Gasteiger partial charge in [-0.2, -0.15) is 0 Å². The summed E-state index contributed by atoms with van der Waals surface area (Å²) >= 11 is 0. The van der Waals surface area contributed by atoms with Gasteiger partial charge in [0.25, 0.3) is 5.91 Å². The number of benzene rings is 1. The maximum atomic E-state index is 12.9. The highest BCUT2D eigenvalue weighted by atomic mass is 35.5. The summed E-state index contributed by atoms with van der Waals surface area (Å²) in [6.45, 7) is 2.14. The van der Waals surface area contributed by atoms with Gasteiger partial charge in [0.05, 0.1) is 12.6 Å². The van der Waals surface area contributed by atoms with E-state index in [1.165, 1.54) is 4.90 Å². The van der Waals surface area contributed by atoms with E-state index in [0.717, 1.165) is 30.4 Å². The average molecular weight is 395 g/mol. The number of rotatable bonds is 5. The third kappa shape index (κ3) is 4.42. The Morgan fingerprint density at radius 3 is 2.48 bits per heavy atom. The van der Waals surface area contributed by atoms with Gasteiger partial charge in [0.15, 0.2) is 0 Å². The van der Waals surface area contributed by atoms with Gasteiger partial charge in [-0.25, -0.2) is 4.79 Å². The maximum Gasteiger partial charge on any atom is 0.325 e. The molecule has 7 nitrogen and oxygen atoms in total. The normalized spacial score (nSPS) is 19.4. The van der Waals surface area contributed by atoms with Crippen molar-refractivity contribution in [2.24, 2.45) is 5.73 Å². The van der Waals surface area contributed by atoms with Gasteiger partial charge in [-0.3, -0.25) is 14.5 Å². The molecule has 2 aliphatic rings. The second kappa shape index (κ2) is 8.71. The van der Waals surface area contributed by atoms with Crippen LogP contribution in [0.15, 0.2) is 24.3 Å². The molecule has 1 saturated heterocycles. The minimum Gasteiger partial charge on any atom is -0.351 e. The molecule has 1 atom stereocenters. The van der Waals surface area contributed by atoms with Gasteiger partial charge in [0.2, 0.25) is 5.91 Å². The van der Waals surface area contributed by atoms with Gasteiger partial charge in [0.1, 0.15) is 5.54 Å². The molecule has 1 spiro atoms. The molecule has 3 rings (SSSR count). The molecule has 2 fully saturated rings. The molecule has 148 valence electrons. The number of hydrogen-bond acceptors (Lipinski definition) is 4. The summed E-state index contributed by atoms with van der Waals surface area (Å²) in [5.74, 6) is -0.368. The van der Waals surface area contributed by atoms with Gasteiger partial charge >= 0.3 is 6.03 Å². The highest BCUT2D eigenvalue weighted by molar-refractivity contribution is 6.07. The summed E-state index contributed by atoms with van der Waals surface area (Å²) < 4.78 is 0. The van der Waals surface area contributed by atoms with Crippen molar-refractivity contribution in [2.75, 3.05) is 0 Å². The van der Waals surface area contributed by atoms with Crippen molar-refractivity contribution >= 4 is 30.3 Å². The van der Waals surface area contributed by atoms with Crippen LogP contribution in [-0.2, 0) is 22.7 Å². The summed E-state index contributed by atoms with van der Waals surface area (Å²) in [4.78, 5) is 38.4. The SMILES string of the molecule is C[C@@H](N)C(=O)NCc1ccccc1CN1C(=O)NC2(CCCCC2)C1=O.Cl. The number of hydrogen-bond donors (Lipinski definition) is 3. The lowest BCUT2D eigenvalue weighted by atomic mass is 9.81. The Labute approximate surface area is 165 Å². The van der Waals surface area contributed by atoms with Crippen LogP contribution in [0, 0.1) is 0 Å². The van der Waals surface area contributed by atoms with Crippen molar-refractivity contribution in [3.05, 3.63) is 35.4 Å². The van der Waals surface area contributed by atoms with E-state index >= 15 is 0 Å². The van der Waals surface area contributed by atoms with Crippen LogP contribution in [0.25, 0.3) is 0 Å². The summed E-state index contributed by atoms with van der Waals surface area (Å²) in [5, 5.41) is 5.70. The molecular weight excluding hydrogens is 368 g/mol. The predicted octanol–water partition coefficient (Wildman–Crippen LogP) is 1.83. The Hall–Kier alpha value is -2.12. The van der Waals surface area contributed by atoms with Gasteiger partial charge < -0.3 is 16.4 Å². The molecule has 8 heteroatoms. The third-order valence-electron chi connectivity index (χ3n) is 5.27. The first-order valence-corrected chi connectivity index (χ1v) is 9.17. The lowest BCUT2D eigenvalue weighted by Crippen LogP contribution is -2.48. The zero-order chi connectivity index (χ0) is 18.7. The molecule has 4 amide bonds. The van der Waals surface area contributed by atoms with E-state index in [-0.39, 0.29) is 36.8 Å². The Morgan fingerprint density at radius 2 is 1.85 bits per heavy atom. The first-order chi connectivity index (χ1) is 12.4. The molecule has 1 aromatic carbocycles. The highest BCUT2D eigenvalue weighted by Crippen LogP contribution is 2.34. The highest BCUT2D eigenvalue weighted by Gasteiger charge is 2.51. The molecule has 1 aromatic rings. The lowest BCUT2D eigenvalue weighted by Gasteiger charge is -2.30. The van der Waals surface area contributed by atoms with Gasteiger partial charge in [-0.05, 0) is 30.9 Å². The fraction of sp³-hybridized carbons (Fsp3) is 0.526. The van der Waals surface area contributed by atoms with E-state index in [2.05, 4.69) is 10.6 Å². The van der Waals surface area contributed by atoms with Crippen LogP contribution in [0.2, 0.25) is 0 Å². The third-order valence-corrected chi connectivity index (χ3v) is 5.27. The van der Waals surface area contributed by atoms with E-state index in [0.29, 0.717) is 19.4 Å². The van der Waals surface area contributed by atoms with Crippen molar-refractivity contribution in [3.63, 3.8) is 0 Å². The van der Waals surface area contributed by atoms with Crippen molar-refractivity contribution in [1.29, 1.82) is 0 Å². The minimum atomic E-state index is -0.715. The number of imide groups is 1. The number of nitrogens with two attached hydrogens (primary N) is 1. The van der Waals surface area contributed by atoms with E-state index in [9.17, 15) is 14.4 Å². The largest absolute Gasteiger partial charge is 0.351 e. The van der Waals surface area contributed by atoms with Gasteiger partial charge in [-0.1, -0.05) is 43.5 Å². The van der Waals surface area contributed by atoms with E-state index < -0.39 is 11.6 Å². The number of halogens is 1. The Balaban J connectivity index is 0.00000261. The van der Waals surface area contributed by atoms with Crippen molar-refractivity contribution in [1.82, 2.24) is 15.5 Å². The van der Waals surface area contributed by atoms with E-state index in [1.807, 2.05) is 24.3 Å². The summed E-state index contributed by atoms with van der Waals surface area (Å²) in [6, 6.07) is 6.57. The average Bonchev–Trinajstić information content (AvgIpc) is 2.85. The molecule has 0 radical (unpaired) electrons. The van der Waals surface area contributed by atoms with Crippen LogP contribution >= 0.6 is 12.4 Å². The maximum absolute atomic E-state index is 12.9. The predicted molar refractivity (Wildman–Crippen MR) is 104 cm³/mol. The Bertz CT molecular complexity index is 717. The fourth-order valence-corrected chi connectivity index (χ4v) is 3.71. The molecule has 27 heavy (non-hydrogen) atoms. The lowest BCUT2D eigenvalue weighted by molar-refractivity contribution is -0.132. The van der Waals surface area contributed by atoms with Crippen LogP contribution in [0.1, 0.15) is 50.2 Å². The number of urea groups is 1. The van der Waals surface area contributed by atoms with Crippen LogP contribution in [0.5, 0.6) is 0 Å². The number of nitrogens with one attached hydrogen (secondary N) is 2. The molecule has 1 aliphatic heterocycles. The second-order valence-electron chi connectivity index (χ2n) is 7.24. The zero-order valence-electron chi connectivity index (χ0n) is 15.5. The van der Waals surface area contributed by atoms with E-state index in [1.54, 1.807) is 6.92 Å². The van der Waals surface area contributed by atoms with Gasteiger partial charge in [0, 0.05) is 6.54 Å². The first-order valence-electron chi connectivity index (χ1n) is 9.17. The summed E-state index contributed by atoms with van der Waals surface area (Å²) in [7, 11) is 0. The Morgan fingerprint density at radius 1 is 1.22 bits per heavy atom. The first kappa shape index (κ1) is 21.2. The van der Waals surface area contributed by atoms with Crippen molar-refractivity contribution in [2.45, 2.75) is 63.7 Å². The van der Waals surface area contributed by atoms with Crippen LogP contribution in [0.4, 0.5) is 4.79 Å². The minimum absolute atomic E-state index is 0. The molecule has 1 saturated carbocycles. The zero-order valence-corrected chi connectivity index (χ0v) is 16.3. The number of carbonyl (C=O) groups excluding carboxylic acids is 3. The number of amides is 4. The molecular formula is C19H27ClN4O3. The monoisotopic (exact) mass is 394 g/mol. The topological polar surface area (TPSA) is 105 Å². The van der Waals surface area contributed by atoms with E-state index in [4.69, 9.17) is 5.73 Å². The molecule has 4 N–H and O–H groups in total. The summed E-state index contributed by atoms with van der Waals surface area (Å²) in [5.41, 5.74) is 6.56. The van der Waals surface area contributed by atoms with Crippen LogP contribution in [0.3, 0.4) is 0 Å². The molecule has 0 aromatic heterocycles.